The molecule has 0 atom stereocenters. The monoisotopic (exact) mass is 275 g/mol. The predicted octanol–water partition coefficient (Wildman–Crippen LogP) is 2.09. The van der Waals surface area contributed by atoms with Gasteiger partial charge in [0.25, 0.3) is 5.91 Å². The van der Waals surface area contributed by atoms with Gasteiger partial charge in [-0.25, -0.2) is 4.98 Å². The first kappa shape index (κ1) is 13.0. The van der Waals surface area contributed by atoms with Gasteiger partial charge in [-0.15, -0.1) is 0 Å². The normalized spacial score (nSPS) is 9.95. The maximum Gasteiger partial charge on any atom is 0.258 e. The van der Waals surface area contributed by atoms with Crippen molar-refractivity contribution in [3.63, 3.8) is 0 Å². The van der Waals surface area contributed by atoms with Gasteiger partial charge in [0.2, 0.25) is 5.91 Å². The van der Waals surface area contributed by atoms with Crippen LogP contribution >= 0.6 is 11.6 Å². The third-order valence-electron chi connectivity index (χ3n) is 2.43. The summed E-state index contributed by atoms with van der Waals surface area (Å²) in [6.45, 7) is 0. The van der Waals surface area contributed by atoms with Crippen molar-refractivity contribution >= 4 is 29.1 Å². The first-order valence-corrected chi connectivity index (χ1v) is 5.77. The fourth-order valence-corrected chi connectivity index (χ4v) is 1.68. The van der Waals surface area contributed by atoms with Crippen molar-refractivity contribution < 1.29 is 9.59 Å². The van der Waals surface area contributed by atoms with Gasteiger partial charge >= 0.3 is 0 Å². The summed E-state index contributed by atoms with van der Waals surface area (Å²) < 4.78 is 0. The molecule has 0 fully saturated rings. The van der Waals surface area contributed by atoms with Crippen molar-refractivity contribution in [2.24, 2.45) is 5.73 Å². The van der Waals surface area contributed by atoms with E-state index in [2.05, 4.69) is 10.3 Å². The molecule has 2 aromatic rings. The molecule has 1 aromatic carbocycles. The van der Waals surface area contributed by atoms with Crippen molar-refractivity contribution in [1.29, 1.82) is 0 Å². The number of carbonyl (C=O) groups is 2. The Labute approximate surface area is 114 Å². The third-order valence-corrected chi connectivity index (χ3v) is 2.73. The Kier molecular flexibility index (Phi) is 3.77. The molecule has 0 spiro atoms. The van der Waals surface area contributed by atoms with Crippen LogP contribution in [0.2, 0.25) is 5.15 Å². The second-order valence-electron chi connectivity index (χ2n) is 3.74. The van der Waals surface area contributed by atoms with Crippen LogP contribution in [0.3, 0.4) is 0 Å². The molecular weight excluding hydrogens is 266 g/mol. The van der Waals surface area contributed by atoms with E-state index in [1.807, 2.05) is 0 Å². The highest BCUT2D eigenvalue weighted by atomic mass is 35.5. The maximum atomic E-state index is 11.9. The van der Waals surface area contributed by atoms with Gasteiger partial charge in [-0.05, 0) is 36.4 Å². The van der Waals surface area contributed by atoms with Gasteiger partial charge < -0.3 is 11.1 Å². The molecule has 3 N–H and O–H groups in total. The molecule has 0 saturated heterocycles. The molecule has 0 aliphatic heterocycles. The number of nitrogens with one attached hydrogen (secondary N) is 1. The lowest BCUT2D eigenvalue weighted by atomic mass is 10.2. The molecule has 0 aliphatic rings. The van der Waals surface area contributed by atoms with Crippen molar-refractivity contribution in [3.05, 3.63) is 58.9 Å². The van der Waals surface area contributed by atoms with Crippen LogP contribution in [-0.2, 0) is 0 Å². The number of nitrogens with zero attached hydrogens (tertiary/aromatic N) is 1. The molecule has 1 aromatic heterocycles. The number of carbonyl (C=O) groups excluding carboxylic acids is 2. The molecule has 0 unspecified atom stereocenters. The van der Waals surface area contributed by atoms with E-state index in [1.54, 1.807) is 24.3 Å². The molecule has 0 radical (unpaired) electrons. The molecule has 19 heavy (non-hydrogen) atoms. The van der Waals surface area contributed by atoms with Gasteiger partial charge in [-0.3, -0.25) is 9.59 Å². The molecular formula is C13H10ClN3O2. The summed E-state index contributed by atoms with van der Waals surface area (Å²) in [6.07, 6.45) is 1.50. The number of hydrogen-bond donors (Lipinski definition) is 2. The average molecular weight is 276 g/mol. The van der Waals surface area contributed by atoms with E-state index in [0.29, 0.717) is 11.3 Å². The summed E-state index contributed by atoms with van der Waals surface area (Å²) in [5.74, 6) is -0.891. The predicted molar refractivity (Wildman–Crippen MR) is 72.2 cm³/mol. The van der Waals surface area contributed by atoms with Crippen molar-refractivity contribution in [2.75, 3.05) is 5.32 Å². The molecule has 0 bridgehead atoms. The van der Waals surface area contributed by atoms with Crippen LogP contribution in [0.5, 0.6) is 0 Å². The Morgan fingerprint density at radius 3 is 2.42 bits per heavy atom. The topological polar surface area (TPSA) is 85.1 Å². The third kappa shape index (κ3) is 3.08. The van der Waals surface area contributed by atoms with Crippen LogP contribution in [0, 0.1) is 0 Å². The Hall–Kier alpha value is -2.40. The molecule has 96 valence electrons. The van der Waals surface area contributed by atoms with Crippen LogP contribution in [0.15, 0.2) is 42.6 Å². The van der Waals surface area contributed by atoms with Crippen LogP contribution < -0.4 is 11.1 Å². The highest BCUT2D eigenvalue weighted by molar-refractivity contribution is 6.33. The summed E-state index contributed by atoms with van der Waals surface area (Å²) in [7, 11) is 0. The summed E-state index contributed by atoms with van der Waals surface area (Å²) in [5.41, 5.74) is 6.31. The van der Waals surface area contributed by atoms with E-state index < -0.39 is 5.91 Å². The quantitative estimate of drug-likeness (QED) is 0.841. The lowest BCUT2D eigenvalue weighted by molar-refractivity contribution is 0.0998. The zero-order valence-corrected chi connectivity index (χ0v) is 10.5. The Balaban J connectivity index is 2.15. The lowest BCUT2D eigenvalue weighted by Crippen LogP contribution is -2.14. The summed E-state index contributed by atoms with van der Waals surface area (Å²) in [4.78, 5) is 26.7. The van der Waals surface area contributed by atoms with Gasteiger partial charge in [0.15, 0.2) is 0 Å². The van der Waals surface area contributed by atoms with Crippen LogP contribution in [0.25, 0.3) is 0 Å². The van der Waals surface area contributed by atoms with E-state index in [9.17, 15) is 9.59 Å². The van der Waals surface area contributed by atoms with E-state index in [1.165, 1.54) is 18.3 Å². The lowest BCUT2D eigenvalue weighted by Gasteiger charge is -2.06. The maximum absolute atomic E-state index is 11.9. The van der Waals surface area contributed by atoms with E-state index >= 15 is 0 Å². The number of benzene rings is 1. The summed E-state index contributed by atoms with van der Waals surface area (Å²) in [6, 6.07) is 9.43. The largest absolute Gasteiger partial charge is 0.366 e. The molecule has 2 rings (SSSR count). The minimum absolute atomic E-state index is 0.133. The van der Waals surface area contributed by atoms with Gasteiger partial charge in [0, 0.05) is 17.4 Å². The van der Waals surface area contributed by atoms with E-state index in [-0.39, 0.29) is 16.6 Å². The fraction of sp³-hybridized carbons (Fsp3) is 0. The minimum atomic E-state index is -0.520. The number of pyridine rings is 1. The van der Waals surface area contributed by atoms with Gasteiger partial charge in [0.1, 0.15) is 5.15 Å². The second kappa shape index (κ2) is 5.49. The molecule has 1 heterocycles. The van der Waals surface area contributed by atoms with Crippen LogP contribution in [0.1, 0.15) is 20.7 Å². The van der Waals surface area contributed by atoms with Crippen LogP contribution in [0.4, 0.5) is 5.69 Å². The number of primary amides is 1. The SMILES string of the molecule is NC(=O)c1ccc(NC(=O)c2cccnc2Cl)cc1. The zero-order chi connectivity index (χ0) is 13.8. The number of amides is 2. The Morgan fingerprint density at radius 1 is 1.16 bits per heavy atom. The van der Waals surface area contributed by atoms with Gasteiger partial charge in [0.05, 0.1) is 5.56 Å². The average Bonchev–Trinajstić information content (AvgIpc) is 2.39. The van der Waals surface area contributed by atoms with E-state index in [4.69, 9.17) is 17.3 Å². The van der Waals surface area contributed by atoms with Crippen molar-refractivity contribution in [2.45, 2.75) is 0 Å². The first-order chi connectivity index (χ1) is 9.08. The standard InChI is InChI=1S/C13H10ClN3O2/c14-11-10(2-1-7-16-11)13(19)17-9-5-3-8(4-6-9)12(15)18/h1-7H,(H2,15,18)(H,17,19). The smallest absolute Gasteiger partial charge is 0.258 e. The van der Waals surface area contributed by atoms with Crippen LogP contribution in [-0.4, -0.2) is 16.8 Å². The number of anilines is 1. The van der Waals surface area contributed by atoms with Gasteiger partial charge in [-0.2, -0.15) is 0 Å². The van der Waals surface area contributed by atoms with Crippen molar-refractivity contribution in [1.82, 2.24) is 4.98 Å². The summed E-state index contributed by atoms with van der Waals surface area (Å²) >= 11 is 5.82. The fourth-order valence-electron chi connectivity index (χ4n) is 1.47. The number of rotatable bonds is 3. The molecule has 2 amide bonds. The molecule has 5 nitrogen and oxygen atoms in total. The number of hydrogen-bond acceptors (Lipinski definition) is 3. The minimum Gasteiger partial charge on any atom is -0.366 e. The first-order valence-electron chi connectivity index (χ1n) is 5.39. The van der Waals surface area contributed by atoms with Gasteiger partial charge in [-0.1, -0.05) is 11.6 Å². The highest BCUT2D eigenvalue weighted by Crippen LogP contribution is 2.15. The number of nitrogens with two attached hydrogens (primary N) is 1. The number of aromatic nitrogens is 1. The molecule has 6 heteroatoms. The second-order valence-corrected chi connectivity index (χ2v) is 4.10. The molecule has 0 saturated carbocycles. The van der Waals surface area contributed by atoms with E-state index in [0.717, 1.165) is 0 Å². The number of halogens is 1. The molecule has 0 aliphatic carbocycles. The van der Waals surface area contributed by atoms with Crippen molar-refractivity contribution in [3.8, 4) is 0 Å². The summed E-state index contributed by atoms with van der Waals surface area (Å²) in [5, 5.41) is 2.78. The highest BCUT2D eigenvalue weighted by Gasteiger charge is 2.10. The Morgan fingerprint density at radius 2 is 1.84 bits per heavy atom. The Bertz CT molecular complexity index is 626. The zero-order valence-electron chi connectivity index (χ0n) is 9.76.